The standard InChI is InChI=1S/C21H13ClN4O3/c22-12-5-6-14-16(9-12)24-18-17(19(14)27)21(29)26(25-20(18)28)10-11-7-8-23-15-4-2-1-3-13(11)15/h1-9H,10H2,(H,24,27)(H,25,28). The molecule has 0 saturated carbocycles. The van der Waals surface area contributed by atoms with E-state index in [1.165, 1.54) is 0 Å². The minimum Gasteiger partial charge on any atom is -0.491 e. The first-order valence-corrected chi connectivity index (χ1v) is 9.18. The lowest BCUT2D eigenvalue weighted by Gasteiger charge is -2.10. The van der Waals surface area contributed by atoms with Gasteiger partial charge in [0, 0.05) is 22.0 Å². The van der Waals surface area contributed by atoms with Crippen LogP contribution in [0.3, 0.4) is 0 Å². The minimum absolute atomic E-state index is 0.00870. The molecular formula is C21H13ClN4O3. The third kappa shape index (κ3) is 2.75. The molecule has 0 aliphatic carbocycles. The molecule has 5 rings (SSSR count). The molecule has 29 heavy (non-hydrogen) atoms. The van der Waals surface area contributed by atoms with E-state index in [0.29, 0.717) is 15.9 Å². The van der Waals surface area contributed by atoms with Gasteiger partial charge >= 0.3 is 0 Å². The number of aromatic hydroxyl groups is 1. The van der Waals surface area contributed by atoms with Crippen LogP contribution < -0.4 is 11.0 Å². The maximum Gasteiger partial charge on any atom is 0.280 e. The van der Waals surface area contributed by atoms with E-state index in [-0.39, 0.29) is 17.4 Å². The smallest absolute Gasteiger partial charge is 0.280 e. The van der Waals surface area contributed by atoms with Crippen molar-refractivity contribution in [2.24, 2.45) is 0 Å². The predicted octanol–water partition coefficient (Wildman–Crippen LogP) is 3.19. The summed E-state index contributed by atoms with van der Waals surface area (Å²) in [5.41, 5.74) is 0.921. The highest BCUT2D eigenvalue weighted by Gasteiger charge is 2.17. The van der Waals surface area contributed by atoms with Gasteiger partial charge in [0.25, 0.3) is 11.4 Å². The Balaban J connectivity index is 1.77. The second-order valence-corrected chi connectivity index (χ2v) is 7.10. The summed E-state index contributed by atoms with van der Waals surface area (Å²) in [7, 11) is 0. The molecule has 0 amide bonds. The first kappa shape index (κ1) is 17.4. The van der Waals surface area contributed by atoms with Gasteiger partial charge in [0.2, 0.25) is 5.43 Å². The first-order valence-electron chi connectivity index (χ1n) is 8.81. The summed E-state index contributed by atoms with van der Waals surface area (Å²) in [5, 5.41) is 15.9. The van der Waals surface area contributed by atoms with Crippen LogP contribution in [0, 0.1) is 0 Å². The Labute approximate surface area is 167 Å². The van der Waals surface area contributed by atoms with Crippen LogP contribution in [0.15, 0.2) is 64.3 Å². The summed E-state index contributed by atoms with van der Waals surface area (Å²) < 4.78 is 1.09. The van der Waals surface area contributed by atoms with Crippen molar-refractivity contribution in [3.63, 3.8) is 0 Å². The minimum atomic E-state index is -0.586. The maximum absolute atomic E-state index is 13.1. The van der Waals surface area contributed by atoms with Crippen LogP contribution >= 0.6 is 11.6 Å². The van der Waals surface area contributed by atoms with Gasteiger partial charge in [-0.1, -0.05) is 29.8 Å². The maximum atomic E-state index is 13.1. The van der Waals surface area contributed by atoms with E-state index in [9.17, 15) is 14.7 Å². The van der Waals surface area contributed by atoms with E-state index < -0.39 is 16.9 Å². The van der Waals surface area contributed by atoms with Gasteiger partial charge in [-0.25, -0.2) is 4.68 Å². The molecular weight excluding hydrogens is 392 g/mol. The fourth-order valence-corrected chi connectivity index (χ4v) is 3.71. The van der Waals surface area contributed by atoms with Gasteiger partial charge in [-0.15, -0.1) is 5.10 Å². The third-order valence-electron chi connectivity index (χ3n) is 4.91. The van der Waals surface area contributed by atoms with Gasteiger partial charge in [-0.2, -0.15) is 0 Å². The average Bonchev–Trinajstić information content (AvgIpc) is 2.72. The number of para-hydroxylation sites is 1. The average molecular weight is 405 g/mol. The molecule has 5 aromatic rings. The molecule has 0 radical (unpaired) electrons. The molecule has 0 bridgehead atoms. The highest BCUT2D eigenvalue weighted by atomic mass is 35.5. The van der Waals surface area contributed by atoms with Gasteiger partial charge in [0.05, 0.1) is 17.6 Å². The number of benzene rings is 2. The van der Waals surface area contributed by atoms with E-state index in [4.69, 9.17) is 11.6 Å². The number of aromatic nitrogens is 4. The summed E-state index contributed by atoms with van der Waals surface area (Å²) in [6.07, 6.45) is 1.65. The second kappa shape index (κ2) is 6.42. The fourth-order valence-electron chi connectivity index (χ4n) is 3.54. The van der Waals surface area contributed by atoms with Crippen molar-refractivity contribution in [1.29, 1.82) is 0 Å². The Morgan fingerprint density at radius 2 is 1.90 bits per heavy atom. The fraction of sp³-hybridized carbons (Fsp3) is 0.0476. The number of nitrogens with one attached hydrogen (secondary N) is 1. The number of fused-ring (bicyclic) bond motifs is 3. The quantitative estimate of drug-likeness (QED) is 0.440. The first-order chi connectivity index (χ1) is 14.0. The lowest BCUT2D eigenvalue weighted by Crippen LogP contribution is -2.28. The lowest BCUT2D eigenvalue weighted by atomic mass is 10.1. The molecule has 3 aromatic heterocycles. The molecule has 2 aromatic carbocycles. The third-order valence-corrected chi connectivity index (χ3v) is 5.14. The number of hydrogen-bond donors (Lipinski definition) is 2. The molecule has 7 nitrogen and oxygen atoms in total. The van der Waals surface area contributed by atoms with Gasteiger partial charge < -0.3 is 10.1 Å². The van der Waals surface area contributed by atoms with Crippen LogP contribution in [0.2, 0.25) is 5.02 Å². The van der Waals surface area contributed by atoms with Crippen LogP contribution in [0.4, 0.5) is 0 Å². The zero-order valence-electron chi connectivity index (χ0n) is 14.9. The molecule has 0 aliphatic rings. The van der Waals surface area contributed by atoms with Crippen LogP contribution in [0.1, 0.15) is 5.56 Å². The predicted molar refractivity (Wildman–Crippen MR) is 112 cm³/mol. The zero-order chi connectivity index (χ0) is 20.1. The Hall–Kier alpha value is -3.71. The summed E-state index contributed by atoms with van der Waals surface area (Å²) in [6.45, 7) is 0.0868. The highest BCUT2D eigenvalue weighted by molar-refractivity contribution is 6.31. The number of nitrogens with zero attached hydrogens (tertiary/aromatic N) is 3. The van der Waals surface area contributed by atoms with Crippen molar-refractivity contribution < 1.29 is 5.11 Å². The molecule has 2 N–H and O–H groups in total. The molecule has 0 fully saturated rings. The Bertz CT molecular complexity index is 1550. The number of rotatable bonds is 2. The van der Waals surface area contributed by atoms with Crippen molar-refractivity contribution in [2.75, 3.05) is 0 Å². The summed E-state index contributed by atoms with van der Waals surface area (Å²) >= 11 is 5.99. The number of pyridine rings is 2. The van der Waals surface area contributed by atoms with Crippen LogP contribution in [-0.4, -0.2) is 24.9 Å². The molecule has 0 aliphatic heterocycles. The Kier molecular flexibility index (Phi) is 3.85. The monoisotopic (exact) mass is 404 g/mol. The van der Waals surface area contributed by atoms with Crippen molar-refractivity contribution in [2.45, 2.75) is 6.54 Å². The van der Waals surface area contributed by atoms with E-state index >= 15 is 0 Å². The lowest BCUT2D eigenvalue weighted by molar-refractivity contribution is 0.431. The van der Waals surface area contributed by atoms with Crippen molar-refractivity contribution in [3.05, 3.63) is 85.9 Å². The molecule has 142 valence electrons. The number of H-pyrrole nitrogens is 1. The van der Waals surface area contributed by atoms with Crippen molar-refractivity contribution >= 4 is 44.3 Å². The second-order valence-electron chi connectivity index (χ2n) is 6.67. The molecule has 8 heteroatoms. The normalized spacial score (nSPS) is 11.5. The van der Waals surface area contributed by atoms with Gasteiger partial charge in [0.1, 0.15) is 10.9 Å². The molecule has 0 saturated heterocycles. The molecule has 3 heterocycles. The largest absolute Gasteiger partial charge is 0.491 e. The molecule has 0 atom stereocenters. The van der Waals surface area contributed by atoms with Crippen LogP contribution in [0.5, 0.6) is 5.88 Å². The van der Waals surface area contributed by atoms with E-state index in [2.05, 4.69) is 15.1 Å². The van der Waals surface area contributed by atoms with Crippen LogP contribution in [0.25, 0.3) is 32.7 Å². The molecule has 0 spiro atoms. The van der Waals surface area contributed by atoms with Crippen molar-refractivity contribution in [3.8, 4) is 5.88 Å². The molecule has 0 unspecified atom stereocenters. The number of halogens is 1. The van der Waals surface area contributed by atoms with Gasteiger partial charge in [-0.05, 0) is 35.9 Å². The summed E-state index contributed by atoms with van der Waals surface area (Å²) in [5.74, 6) is -0.433. The van der Waals surface area contributed by atoms with Gasteiger partial charge in [0.15, 0.2) is 0 Å². The van der Waals surface area contributed by atoms with Gasteiger partial charge in [-0.3, -0.25) is 14.6 Å². The summed E-state index contributed by atoms with van der Waals surface area (Å²) in [6, 6.07) is 14.0. The zero-order valence-corrected chi connectivity index (χ0v) is 15.6. The van der Waals surface area contributed by atoms with E-state index in [1.807, 2.05) is 24.3 Å². The van der Waals surface area contributed by atoms with E-state index in [0.717, 1.165) is 21.1 Å². The number of aromatic amines is 1. The highest BCUT2D eigenvalue weighted by Crippen LogP contribution is 2.22. The Morgan fingerprint density at radius 3 is 2.76 bits per heavy atom. The van der Waals surface area contributed by atoms with Crippen molar-refractivity contribution in [1.82, 2.24) is 19.7 Å². The Morgan fingerprint density at radius 1 is 1.07 bits per heavy atom. The van der Waals surface area contributed by atoms with Crippen LogP contribution in [-0.2, 0) is 6.54 Å². The number of hydrogen-bond acceptors (Lipinski definition) is 5. The SMILES string of the molecule is O=c1c2ccc(Cl)cc2[nH]c2c(O)nn(Cc3ccnc4ccccc34)c(=O)c12. The van der Waals surface area contributed by atoms with E-state index in [1.54, 1.807) is 30.5 Å². The topological polar surface area (TPSA) is 101 Å². The summed E-state index contributed by atoms with van der Waals surface area (Å²) in [4.78, 5) is 33.3.